The van der Waals surface area contributed by atoms with Crippen LogP contribution >= 0.6 is 11.8 Å². The van der Waals surface area contributed by atoms with Gasteiger partial charge in [-0.2, -0.15) is 0 Å². The molecule has 1 aliphatic rings. The normalized spacial score (nSPS) is 19.0. The molecular weight excluding hydrogens is 170 g/mol. The lowest BCUT2D eigenvalue weighted by Gasteiger charge is -2.23. The van der Waals surface area contributed by atoms with Crippen LogP contribution in [0, 0.1) is 11.5 Å². The first-order chi connectivity index (χ1) is 5.88. The largest absolute Gasteiger partial charge is 0.485 e. The molecule has 0 bridgehead atoms. The Labute approximate surface area is 77.6 Å². The molecule has 66 valence electrons. The number of hydrazone groups is 1. The van der Waals surface area contributed by atoms with Crippen LogP contribution in [0.1, 0.15) is 19.3 Å². The molecule has 0 aromatic rings. The van der Waals surface area contributed by atoms with E-state index in [1.54, 1.807) is 16.4 Å². The predicted molar refractivity (Wildman–Crippen MR) is 50.9 cm³/mol. The SMILES string of the molecule is CSC=[N+](C#N)N1CCCCC1. The molecule has 0 aliphatic carbocycles. The first kappa shape index (κ1) is 9.40. The van der Waals surface area contributed by atoms with Gasteiger partial charge < -0.3 is 0 Å². The molecule has 0 N–H and O–H groups in total. The zero-order valence-electron chi connectivity index (χ0n) is 7.36. The molecular formula is C8H14N3S+. The molecule has 4 heteroatoms. The molecule has 12 heavy (non-hydrogen) atoms. The van der Waals surface area contributed by atoms with E-state index in [-0.39, 0.29) is 0 Å². The fraction of sp³-hybridized carbons (Fsp3) is 0.750. The lowest BCUT2D eigenvalue weighted by atomic mass is 10.2. The van der Waals surface area contributed by atoms with Gasteiger partial charge in [0.2, 0.25) is 0 Å². The van der Waals surface area contributed by atoms with Gasteiger partial charge in [0.15, 0.2) is 10.8 Å². The van der Waals surface area contributed by atoms with Gasteiger partial charge in [-0.1, -0.05) is 16.4 Å². The van der Waals surface area contributed by atoms with Gasteiger partial charge in [-0.15, -0.1) is 0 Å². The van der Waals surface area contributed by atoms with Crippen molar-refractivity contribution in [3.63, 3.8) is 0 Å². The monoisotopic (exact) mass is 184 g/mol. The van der Waals surface area contributed by atoms with Gasteiger partial charge in [0.25, 0.3) is 0 Å². The molecule has 1 saturated heterocycles. The van der Waals surface area contributed by atoms with Crippen molar-refractivity contribution in [3.8, 4) is 6.19 Å². The Morgan fingerprint density at radius 3 is 2.58 bits per heavy atom. The molecule has 1 rings (SSSR count). The highest BCUT2D eigenvalue weighted by atomic mass is 32.2. The van der Waals surface area contributed by atoms with E-state index >= 15 is 0 Å². The molecule has 0 unspecified atom stereocenters. The van der Waals surface area contributed by atoms with E-state index in [4.69, 9.17) is 5.26 Å². The maximum absolute atomic E-state index is 8.80. The van der Waals surface area contributed by atoms with Crippen LogP contribution in [0.2, 0.25) is 0 Å². The molecule has 0 amide bonds. The Kier molecular flexibility index (Phi) is 3.95. The van der Waals surface area contributed by atoms with Crippen molar-refractivity contribution in [1.29, 1.82) is 5.26 Å². The second-order valence-electron chi connectivity index (χ2n) is 2.80. The Balaban J connectivity index is 2.53. The van der Waals surface area contributed by atoms with Crippen LogP contribution in [-0.2, 0) is 0 Å². The van der Waals surface area contributed by atoms with Gasteiger partial charge >= 0.3 is 6.19 Å². The zero-order chi connectivity index (χ0) is 8.81. The van der Waals surface area contributed by atoms with E-state index in [2.05, 4.69) is 11.2 Å². The predicted octanol–water partition coefficient (Wildman–Crippen LogP) is 1.27. The lowest BCUT2D eigenvalue weighted by molar-refractivity contribution is -0.619. The number of nitriles is 1. The highest BCUT2D eigenvalue weighted by Crippen LogP contribution is 2.08. The highest BCUT2D eigenvalue weighted by molar-refractivity contribution is 8.11. The van der Waals surface area contributed by atoms with Crippen LogP contribution in [0.25, 0.3) is 0 Å². The zero-order valence-corrected chi connectivity index (χ0v) is 8.18. The second kappa shape index (κ2) is 5.04. The summed E-state index contributed by atoms with van der Waals surface area (Å²) in [5.41, 5.74) is 1.85. The van der Waals surface area contributed by atoms with Crippen molar-refractivity contribution in [1.82, 2.24) is 5.01 Å². The third-order valence-corrected chi connectivity index (χ3v) is 2.36. The summed E-state index contributed by atoms with van der Waals surface area (Å²) in [6.07, 6.45) is 7.84. The quantitative estimate of drug-likeness (QED) is 0.213. The average Bonchev–Trinajstić information content (AvgIpc) is 2.15. The summed E-state index contributed by atoms with van der Waals surface area (Å²) in [5.74, 6) is 0. The molecule has 0 aromatic carbocycles. The minimum Gasteiger partial charge on any atom is -0.234 e. The smallest absolute Gasteiger partial charge is 0.234 e. The first-order valence-corrected chi connectivity index (χ1v) is 5.47. The molecule has 0 saturated carbocycles. The Bertz CT molecular complexity index is 201. The molecule has 0 spiro atoms. The summed E-state index contributed by atoms with van der Waals surface area (Å²) in [6.45, 7) is 2.04. The van der Waals surface area contributed by atoms with Crippen LogP contribution in [-0.4, -0.2) is 34.6 Å². The maximum Gasteiger partial charge on any atom is 0.485 e. The van der Waals surface area contributed by atoms with Crippen LogP contribution in [0.5, 0.6) is 0 Å². The third-order valence-electron chi connectivity index (χ3n) is 1.94. The summed E-state index contributed by atoms with van der Waals surface area (Å²) in [6, 6.07) is 0. The summed E-state index contributed by atoms with van der Waals surface area (Å²) < 4.78 is 1.64. The second-order valence-corrected chi connectivity index (χ2v) is 3.48. The summed E-state index contributed by atoms with van der Waals surface area (Å²) >= 11 is 1.56. The van der Waals surface area contributed by atoms with Crippen molar-refractivity contribution in [3.05, 3.63) is 0 Å². The Hall–Kier alpha value is -0.690. The maximum atomic E-state index is 8.80. The first-order valence-electron chi connectivity index (χ1n) is 4.18. The van der Waals surface area contributed by atoms with E-state index in [0.29, 0.717) is 0 Å². The minimum atomic E-state index is 1.02. The van der Waals surface area contributed by atoms with Gasteiger partial charge in [0, 0.05) is 0 Å². The molecule has 1 fully saturated rings. The van der Waals surface area contributed by atoms with Crippen LogP contribution in [0.15, 0.2) is 0 Å². The van der Waals surface area contributed by atoms with Gasteiger partial charge in [-0.05, 0) is 25.5 Å². The highest BCUT2D eigenvalue weighted by Gasteiger charge is 2.15. The van der Waals surface area contributed by atoms with Crippen LogP contribution in [0.3, 0.4) is 0 Å². The summed E-state index contributed by atoms with van der Waals surface area (Å²) in [7, 11) is 0. The van der Waals surface area contributed by atoms with Gasteiger partial charge in [-0.25, -0.2) is 5.01 Å². The fourth-order valence-corrected chi connectivity index (χ4v) is 1.73. The van der Waals surface area contributed by atoms with Crippen molar-refractivity contribution in [2.75, 3.05) is 19.3 Å². The number of hydrogen-bond donors (Lipinski definition) is 0. The molecule has 0 atom stereocenters. The molecule has 1 aliphatic heterocycles. The summed E-state index contributed by atoms with van der Waals surface area (Å²) in [5, 5.41) is 10.9. The lowest BCUT2D eigenvalue weighted by Crippen LogP contribution is -2.36. The standard InChI is InChI=1S/C8H14N3S/c1-12-8-11(7-9)10-5-3-2-4-6-10/h8H,2-6H2,1H3/q+1. The van der Waals surface area contributed by atoms with E-state index in [1.807, 2.05) is 11.8 Å². The third kappa shape index (κ3) is 2.42. The number of nitrogens with zero attached hydrogens (tertiary/aromatic N) is 3. The van der Waals surface area contributed by atoms with Crippen LogP contribution < -0.4 is 0 Å². The number of thioether (sulfide) groups is 1. The Morgan fingerprint density at radius 1 is 1.42 bits per heavy atom. The number of hydrazine groups is 1. The fourth-order valence-electron chi connectivity index (χ4n) is 1.35. The Morgan fingerprint density at radius 2 is 2.08 bits per heavy atom. The average molecular weight is 184 g/mol. The topological polar surface area (TPSA) is 30.0 Å². The molecule has 1 heterocycles. The van der Waals surface area contributed by atoms with Gasteiger partial charge in [-0.3, -0.25) is 0 Å². The molecule has 0 radical (unpaired) electrons. The van der Waals surface area contributed by atoms with Crippen molar-refractivity contribution in [2.45, 2.75) is 19.3 Å². The van der Waals surface area contributed by atoms with Gasteiger partial charge in [0.05, 0.1) is 13.1 Å². The number of rotatable bonds is 2. The van der Waals surface area contributed by atoms with E-state index in [0.717, 1.165) is 13.1 Å². The molecule has 0 aromatic heterocycles. The van der Waals surface area contributed by atoms with E-state index < -0.39 is 0 Å². The van der Waals surface area contributed by atoms with E-state index in [9.17, 15) is 0 Å². The van der Waals surface area contributed by atoms with Crippen LogP contribution in [0.4, 0.5) is 0 Å². The van der Waals surface area contributed by atoms with Gasteiger partial charge in [0.1, 0.15) is 0 Å². The molecule has 3 nitrogen and oxygen atoms in total. The van der Waals surface area contributed by atoms with Crippen molar-refractivity contribution < 1.29 is 4.68 Å². The summed E-state index contributed by atoms with van der Waals surface area (Å²) in [4.78, 5) is 0. The van der Waals surface area contributed by atoms with Crippen molar-refractivity contribution in [2.24, 2.45) is 0 Å². The van der Waals surface area contributed by atoms with E-state index in [1.165, 1.54) is 19.3 Å². The number of hydrogen-bond acceptors (Lipinski definition) is 3. The minimum absolute atomic E-state index is 1.02. The number of piperidine rings is 1. The van der Waals surface area contributed by atoms with Crippen molar-refractivity contribution >= 4 is 17.3 Å².